The minimum absolute atomic E-state index is 0.0100. The van der Waals surface area contributed by atoms with Crippen molar-refractivity contribution < 1.29 is 21.7 Å². The molecule has 0 saturated carbocycles. The molecule has 0 atom stereocenters. The van der Waals surface area contributed by atoms with Crippen molar-refractivity contribution in [2.45, 2.75) is 9.79 Å². The van der Waals surface area contributed by atoms with Gasteiger partial charge in [0.05, 0.1) is 27.4 Å². The second kappa shape index (κ2) is 7.64. The summed E-state index contributed by atoms with van der Waals surface area (Å²) in [5.41, 5.74) is 0.571. The van der Waals surface area contributed by atoms with Crippen molar-refractivity contribution in [2.75, 3.05) is 18.9 Å². The summed E-state index contributed by atoms with van der Waals surface area (Å²) in [5, 5.41) is 0.717. The molecule has 3 aromatic rings. The molecule has 1 aromatic heterocycles. The van der Waals surface area contributed by atoms with Crippen molar-refractivity contribution in [1.82, 2.24) is 9.45 Å². The van der Waals surface area contributed by atoms with E-state index in [1.165, 1.54) is 56.8 Å². The fraction of sp³-hybridized carbons (Fsp3) is 0.118. The van der Waals surface area contributed by atoms with Crippen LogP contribution in [0.2, 0.25) is 5.02 Å². The average molecular weight is 442 g/mol. The third-order valence-electron chi connectivity index (χ3n) is 3.97. The quantitative estimate of drug-likeness (QED) is 0.589. The van der Waals surface area contributed by atoms with Crippen LogP contribution in [-0.4, -0.2) is 40.4 Å². The van der Waals surface area contributed by atoms with Crippen molar-refractivity contribution in [1.29, 1.82) is 0 Å². The van der Waals surface area contributed by atoms with Gasteiger partial charge in [0.15, 0.2) is 0 Å². The number of pyridine rings is 1. The number of benzene rings is 2. The number of hydrogen-bond donors (Lipinski definition) is 1. The van der Waals surface area contributed by atoms with Gasteiger partial charge in [0.2, 0.25) is 0 Å². The van der Waals surface area contributed by atoms with Crippen LogP contribution >= 0.6 is 11.6 Å². The zero-order valence-electron chi connectivity index (χ0n) is 14.8. The molecule has 28 heavy (non-hydrogen) atoms. The van der Waals surface area contributed by atoms with Crippen LogP contribution < -0.4 is 4.72 Å². The number of hydrogen-bond acceptors (Lipinski definition) is 6. The third kappa shape index (κ3) is 3.82. The molecular formula is C17H16ClN3O5S2. The summed E-state index contributed by atoms with van der Waals surface area (Å²) in [7, 11) is -5.30. The van der Waals surface area contributed by atoms with Crippen LogP contribution in [0.15, 0.2) is 64.5 Å². The van der Waals surface area contributed by atoms with Crippen molar-refractivity contribution >= 4 is 48.2 Å². The third-order valence-corrected chi connectivity index (χ3v) is 7.41. The summed E-state index contributed by atoms with van der Waals surface area (Å²) < 4.78 is 53.2. The van der Waals surface area contributed by atoms with Crippen LogP contribution in [0.25, 0.3) is 10.9 Å². The maximum absolute atomic E-state index is 12.8. The smallest absolute Gasteiger partial charge is 0.264 e. The van der Waals surface area contributed by atoms with Gasteiger partial charge in [-0.05, 0) is 48.5 Å². The Labute approximate surface area is 167 Å². The SMILES string of the molecule is CON(C)S(=O)(=O)c1ccc(NS(=O)(=O)c2ccc(Cl)c3ncccc23)cc1. The standard InChI is InChI=1S/C17H16ClN3O5S2/c1-21(26-2)28(24,25)13-7-5-12(6-8-13)20-27(22,23)16-10-9-15(18)17-14(16)4-3-11-19-17/h3-11,20H,1-2H3. The minimum atomic E-state index is -3.96. The van der Waals surface area contributed by atoms with E-state index in [1.54, 1.807) is 12.1 Å². The lowest BCUT2D eigenvalue weighted by Crippen LogP contribution is -2.25. The van der Waals surface area contributed by atoms with Crippen LogP contribution in [-0.2, 0) is 24.9 Å². The fourth-order valence-corrected chi connectivity index (χ4v) is 4.94. The minimum Gasteiger partial charge on any atom is -0.288 e. The number of hydroxylamine groups is 1. The van der Waals surface area contributed by atoms with Crippen molar-refractivity contribution in [3.8, 4) is 0 Å². The number of sulfonamides is 2. The Hall–Kier alpha value is -2.24. The van der Waals surface area contributed by atoms with E-state index in [9.17, 15) is 16.8 Å². The average Bonchev–Trinajstić information content (AvgIpc) is 2.67. The first-order valence-electron chi connectivity index (χ1n) is 7.86. The van der Waals surface area contributed by atoms with Crippen LogP contribution in [0.1, 0.15) is 0 Å². The zero-order valence-corrected chi connectivity index (χ0v) is 17.2. The molecule has 0 radical (unpaired) electrons. The number of fused-ring (bicyclic) bond motifs is 1. The highest BCUT2D eigenvalue weighted by molar-refractivity contribution is 7.93. The van der Waals surface area contributed by atoms with Gasteiger partial charge in [-0.15, -0.1) is 0 Å². The first-order chi connectivity index (χ1) is 13.2. The summed E-state index contributed by atoms with van der Waals surface area (Å²) in [6.45, 7) is 0. The molecule has 0 aliphatic rings. The highest BCUT2D eigenvalue weighted by atomic mass is 35.5. The summed E-state index contributed by atoms with van der Waals surface area (Å²) >= 11 is 6.09. The summed E-state index contributed by atoms with van der Waals surface area (Å²) in [5.74, 6) is 0. The largest absolute Gasteiger partial charge is 0.288 e. The van der Waals surface area contributed by atoms with Crippen LogP contribution in [0, 0.1) is 0 Å². The summed E-state index contributed by atoms with van der Waals surface area (Å²) in [6, 6.07) is 11.3. The Morgan fingerprint density at radius 3 is 2.36 bits per heavy atom. The summed E-state index contributed by atoms with van der Waals surface area (Å²) in [6.07, 6.45) is 1.52. The van der Waals surface area contributed by atoms with Crippen molar-refractivity contribution in [3.63, 3.8) is 0 Å². The molecule has 11 heteroatoms. The van der Waals surface area contributed by atoms with E-state index in [1.807, 2.05) is 0 Å². The van der Waals surface area contributed by atoms with Gasteiger partial charge in [-0.3, -0.25) is 14.5 Å². The molecule has 0 amide bonds. The molecule has 148 valence electrons. The van der Waals surface area contributed by atoms with Crippen LogP contribution in [0.3, 0.4) is 0 Å². The molecule has 0 saturated heterocycles. The number of nitrogens with zero attached hydrogens (tertiary/aromatic N) is 2. The van der Waals surface area contributed by atoms with Gasteiger partial charge < -0.3 is 0 Å². The van der Waals surface area contributed by atoms with Gasteiger partial charge in [-0.25, -0.2) is 16.8 Å². The maximum atomic E-state index is 12.8. The highest BCUT2D eigenvalue weighted by Crippen LogP contribution is 2.29. The second-order valence-electron chi connectivity index (χ2n) is 5.67. The molecular weight excluding hydrogens is 426 g/mol. The van der Waals surface area contributed by atoms with E-state index in [0.717, 1.165) is 0 Å². The number of halogens is 1. The Bertz CT molecular complexity index is 1230. The maximum Gasteiger partial charge on any atom is 0.264 e. The molecule has 0 aliphatic heterocycles. The number of rotatable bonds is 6. The lowest BCUT2D eigenvalue weighted by Gasteiger charge is -2.15. The predicted octanol–water partition coefficient (Wildman–Crippen LogP) is 2.87. The normalized spacial score (nSPS) is 12.4. The van der Waals surface area contributed by atoms with Gasteiger partial charge in [-0.2, -0.15) is 0 Å². The van der Waals surface area contributed by atoms with Crippen molar-refractivity contribution in [3.05, 3.63) is 59.8 Å². The van der Waals surface area contributed by atoms with Gasteiger partial charge in [0, 0.05) is 24.3 Å². The Morgan fingerprint density at radius 1 is 1.04 bits per heavy atom. The lowest BCUT2D eigenvalue weighted by atomic mass is 10.2. The van der Waals surface area contributed by atoms with E-state index in [-0.39, 0.29) is 15.5 Å². The molecule has 0 unspecified atom stereocenters. The van der Waals surface area contributed by atoms with E-state index in [0.29, 0.717) is 20.4 Å². The monoisotopic (exact) mass is 441 g/mol. The molecule has 0 aliphatic carbocycles. The zero-order chi connectivity index (χ0) is 20.5. The van der Waals surface area contributed by atoms with E-state index < -0.39 is 20.0 Å². The van der Waals surface area contributed by atoms with E-state index in [4.69, 9.17) is 16.4 Å². The van der Waals surface area contributed by atoms with Gasteiger partial charge in [-0.1, -0.05) is 16.1 Å². The molecule has 8 nitrogen and oxygen atoms in total. The molecule has 1 heterocycles. The number of aromatic nitrogens is 1. The molecule has 3 rings (SSSR count). The van der Waals surface area contributed by atoms with Gasteiger partial charge in [0.1, 0.15) is 0 Å². The van der Waals surface area contributed by atoms with E-state index in [2.05, 4.69) is 9.71 Å². The van der Waals surface area contributed by atoms with Gasteiger partial charge in [0.25, 0.3) is 20.0 Å². The summed E-state index contributed by atoms with van der Waals surface area (Å²) in [4.78, 5) is 8.79. The number of nitrogens with one attached hydrogen (secondary N) is 1. The Balaban J connectivity index is 1.95. The molecule has 0 fully saturated rings. The van der Waals surface area contributed by atoms with Crippen LogP contribution in [0.4, 0.5) is 5.69 Å². The van der Waals surface area contributed by atoms with E-state index >= 15 is 0 Å². The lowest BCUT2D eigenvalue weighted by molar-refractivity contribution is -0.0258. The number of anilines is 1. The van der Waals surface area contributed by atoms with Gasteiger partial charge >= 0.3 is 0 Å². The second-order valence-corrected chi connectivity index (χ2v) is 9.67. The molecule has 0 bridgehead atoms. The first kappa shape index (κ1) is 20.5. The predicted molar refractivity (Wildman–Crippen MR) is 106 cm³/mol. The fourth-order valence-electron chi connectivity index (χ4n) is 2.50. The topological polar surface area (TPSA) is 106 Å². The Kier molecular flexibility index (Phi) is 5.60. The molecule has 2 aromatic carbocycles. The first-order valence-corrected chi connectivity index (χ1v) is 11.2. The Morgan fingerprint density at radius 2 is 1.71 bits per heavy atom. The highest BCUT2D eigenvalue weighted by Gasteiger charge is 2.22. The molecule has 1 N–H and O–H groups in total. The van der Waals surface area contributed by atoms with Crippen molar-refractivity contribution in [2.24, 2.45) is 0 Å². The van der Waals surface area contributed by atoms with Crippen LogP contribution in [0.5, 0.6) is 0 Å². The molecule has 0 spiro atoms.